The van der Waals surface area contributed by atoms with Crippen molar-refractivity contribution in [3.05, 3.63) is 58.9 Å². The minimum atomic E-state index is 0.665. The van der Waals surface area contributed by atoms with Gasteiger partial charge in [-0.15, -0.1) is 10.2 Å². The molecule has 2 aromatic heterocycles. The summed E-state index contributed by atoms with van der Waals surface area (Å²) in [5.74, 6) is 0.829. The van der Waals surface area contributed by atoms with Crippen LogP contribution in [-0.2, 0) is 5.75 Å². The van der Waals surface area contributed by atoms with Gasteiger partial charge >= 0.3 is 0 Å². The highest BCUT2D eigenvalue weighted by Crippen LogP contribution is 2.31. The lowest BCUT2D eigenvalue weighted by atomic mass is 10.2. The second-order valence-corrected chi connectivity index (χ2v) is 7.24. The molecule has 0 aliphatic carbocycles. The van der Waals surface area contributed by atoms with Gasteiger partial charge in [-0.25, -0.2) is 0 Å². The maximum absolute atomic E-state index is 6.12. The van der Waals surface area contributed by atoms with Crippen LogP contribution in [0.1, 0.15) is 11.1 Å². The van der Waals surface area contributed by atoms with Crippen LogP contribution in [0.4, 0.5) is 10.8 Å². The first-order valence-electron chi connectivity index (χ1n) is 6.59. The number of nitrogens with one attached hydrogen (secondary N) is 1. The molecule has 0 aliphatic heterocycles. The number of halogens is 1. The Labute approximate surface area is 142 Å². The van der Waals surface area contributed by atoms with Crippen molar-refractivity contribution < 1.29 is 0 Å². The number of thioether (sulfide) groups is 1. The van der Waals surface area contributed by atoms with Crippen LogP contribution in [0.15, 0.2) is 47.1 Å². The SMILES string of the molecule is Cc1cncc(CSc2nnc(Nc3ccccc3Cl)s2)c1. The van der Waals surface area contributed by atoms with E-state index in [0.29, 0.717) is 5.02 Å². The topological polar surface area (TPSA) is 50.7 Å². The lowest BCUT2D eigenvalue weighted by Gasteiger charge is -2.03. The quantitative estimate of drug-likeness (QED) is 0.662. The predicted molar refractivity (Wildman–Crippen MR) is 93.2 cm³/mol. The van der Waals surface area contributed by atoms with Crippen molar-refractivity contribution in [2.24, 2.45) is 0 Å². The molecule has 1 N–H and O–H groups in total. The van der Waals surface area contributed by atoms with E-state index >= 15 is 0 Å². The van der Waals surface area contributed by atoms with Crippen LogP contribution in [-0.4, -0.2) is 15.2 Å². The van der Waals surface area contributed by atoms with Crippen LogP contribution >= 0.6 is 34.7 Å². The third-order valence-corrected chi connectivity index (χ3v) is 5.19. The zero-order chi connectivity index (χ0) is 15.4. The van der Waals surface area contributed by atoms with Gasteiger partial charge in [0.25, 0.3) is 0 Å². The Kier molecular flexibility index (Phi) is 4.92. The summed E-state index contributed by atoms with van der Waals surface area (Å²) in [4.78, 5) is 4.19. The van der Waals surface area contributed by atoms with Crippen molar-refractivity contribution in [2.45, 2.75) is 17.0 Å². The van der Waals surface area contributed by atoms with Crippen molar-refractivity contribution in [1.29, 1.82) is 0 Å². The van der Waals surface area contributed by atoms with Crippen LogP contribution < -0.4 is 5.32 Å². The fraction of sp³-hybridized carbons (Fsp3) is 0.133. The standard InChI is InChI=1S/C15H13ClN4S2/c1-10-6-11(8-17-7-10)9-21-15-20-19-14(22-15)18-13-5-3-2-4-12(13)16/h2-8H,9H2,1H3,(H,18,19). The molecule has 0 radical (unpaired) electrons. The third-order valence-electron chi connectivity index (χ3n) is 2.82. The third kappa shape index (κ3) is 3.97. The van der Waals surface area contributed by atoms with Crippen molar-refractivity contribution in [2.75, 3.05) is 5.32 Å². The van der Waals surface area contributed by atoms with Crippen molar-refractivity contribution in [3.63, 3.8) is 0 Å². The molecule has 4 nitrogen and oxygen atoms in total. The molecule has 22 heavy (non-hydrogen) atoms. The first kappa shape index (κ1) is 15.3. The van der Waals surface area contributed by atoms with E-state index in [-0.39, 0.29) is 0 Å². The van der Waals surface area contributed by atoms with Gasteiger partial charge in [-0.05, 0) is 30.2 Å². The number of aryl methyl sites for hydroxylation is 1. The number of benzene rings is 1. The van der Waals surface area contributed by atoms with Crippen molar-refractivity contribution in [3.8, 4) is 0 Å². The van der Waals surface area contributed by atoms with E-state index in [0.717, 1.165) is 26.5 Å². The van der Waals surface area contributed by atoms with Gasteiger partial charge in [-0.1, -0.05) is 52.9 Å². The van der Waals surface area contributed by atoms with Gasteiger partial charge in [0.2, 0.25) is 5.13 Å². The molecule has 7 heteroatoms. The van der Waals surface area contributed by atoms with Gasteiger partial charge in [0, 0.05) is 18.1 Å². The Morgan fingerprint density at radius 2 is 2.09 bits per heavy atom. The average molecular weight is 349 g/mol. The van der Waals surface area contributed by atoms with E-state index in [1.165, 1.54) is 16.9 Å². The number of para-hydroxylation sites is 1. The number of hydrogen-bond donors (Lipinski definition) is 1. The summed E-state index contributed by atoms with van der Waals surface area (Å²) in [5, 5.41) is 12.9. The molecule has 0 saturated heterocycles. The molecule has 0 aliphatic rings. The van der Waals surface area contributed by atoms with Crippen LogP contribution in [0.25, 0.3) is 0 Å². The summed E-state index contributed by atoms with van der Waals surface area (Å²) < 4.78 is 0.913. The minimum Gasteiger partial charge on any atom is -0.329 e. The second kappa shape index (κ2) is 7.09. The van der Waals surface area contributed by atoms with E-state index in [9.17, 15) is 0 Å². The first-order chi connectivity index (χ1) is 10.7. The molecule has 1 aromatic carbocycles. The van der Waals surface area contributed by atoms with Crippen LogP contribution in [0.2, 0.25) is 5.02 Å². The molecular weight excluding hydrogens is 336 g/mol. The highest BCUT2D eigenvalue weighted by Gasteiger charge is 2.07. The van der Waals surface area contributed by atoms with Crippen LogP contribution in [0, 0.1) is 6.92 Å². The van der Waals surface area contributed by atoms with Gasteiger partial charge in [-0.2, -0.15) is 0 Å². The Morgan fingerprint density at radius 1 is 1.23 bits per heavy atom. The van der Waals surface area contributed by atoms with Crippen LogP contribution in [0.5, 0.6) is 0 Å². The Balaban J connectivity index is 1.63. The van der Waals surface area contributed by atoms with Gasteiger partial charge < -0.3 is 5.32 Å². The number of nitrogens with zero attached hydrogens (tertiary/aromatic N) is 3. The first-order valence-corrected chi connectivity index (χ1v) is 8.77. The summed E-state index contributed by atoms with van der Waals surface area (Å²) in [6.07, 6.45) is 3.73. The van der Waals surface area contributed by atoms with E-state index in [4.69, 9.17) is 11.6 Å². The fourth-order valence-corrected chi connectivity index (χ4v) is 3.71. The fourth-order valence-electron chi connectivity index (χ4n) is 1.84. The lowest BCUT2D eigenvalue weighted by Crippen LogP contribution is -1.89. The number of pyridine rings is 1. The molecule has 0 amide bonds. The molecule has 0 fully saturated rings. The van der Waals surface area contributed by atoms with Gasteiger partial charge in [0.05, 0.1) is 10.7 Å². The maximum atomic E-state index is 6.12. The number of aromatic nitrogens is 3. The number of rotatable bonds is 5. The number of hydrogen-bond acceptors (Lipinski definition) is 6. The zero-order valence-corrected chi connectivity index (χ0v) is 14.2. The summed E-state index contributed by atoms with van der Waals surface area (Å²) in [7, 11) is 0. The minimum absolute atomic E-state index is 0.665. The normalized spacial score (nSPS) is 10.6. The van der Waals surface area contributed by atoms with Gasteiger partial charge in [0.1, 0.15) is 0 Å². The Bertz CT molecular complexity index is 775. The smallest absolute Gasteiger partial charge is 0.210 e. The largest absolute Gasteiger partial charge is 0.329 e. The molecular formula is C15H13ClN4S2. The Hall–Kier alpha value is -1.63. The maximum Gasteiger partial charge on any atom is 0.210 e. The highest BCUT2D eigenvalue weighted by molar-refractivity contribution is 8.00. The average Bonchev–Trinajstić information content (AvgIpc) is 2.95. The summed E-state index contributed by atoms with van der Waals surface area (Å²) in [5.41, 5.74) is 3.18. The van der Waals surface area contributed by atoms with Crippen molar-refractivity contribution >= 4 is 45.5 Å². The molecule has 112 valence electrons. The Morgan fingerprint density at radius 3 is 2.91 bits per heavy atom. The highest BCUT2D eigenvalue weighted by atomic mass is 35.5. The monoisotopic (exact) mass is 348 g/mol. The van der Waals surface area contributed by atoms with Gasteiger partial charge in [-0.3, -0.25) is 4.98 Å². The van der Waals surface area contributed by atoms with E-state index in [2.05, 4.69) is 26.6 Å². The molecule has 2 heterocycles. The lowest BCUT2D eigenvalue weighted by molar-refractivity contribution is 1.01. The van der Waals surface area contributed by atoms with Crippen LogP contribution in [0.3, 0.4) is 0 Å². The molecule has 0 saturated carbocycles. The van der Waals surface area contributed by atoms with Crippen molar-refractivity contribution in [1.82, 2.24) is 15.2 Å². The predicted octanol–water partition coefficient (Wildman–Crippen LogP) is 4.93. The van der Waals surface area contributed by atoms with E-state index in [1.54, 1.807) is 11.8 Å². The molecule has 3 rings (SSSR count). The van der Waals surface area contributed by atoms with Gasteiger partial charge in [0.15, 0.2) is 4.34 Å². The number of anilines is 2. The summed E-state index contributed by atoms with van der Waals surface area (Å²) in [6.45, 7) is 2.04. The second-order valence-electron chi connectivity index (χ2n) is 4.64. The molecule has 0 unspecified atom stereocenters. The molecule has 3 aromatic rings. The molecule has 0 spiro atoms. The molecule has 0 atom stereocenters. The summed E-state index contributed by atoms with van der Waals surface area (Å²) >= 11 is 9.28. The summed E-state index contributed by atoms with van der Waals surface area (Å²) in [6, 6.07) is 9.70. The van der Waals surface area contributed by atoms with E-state index in [1.807, 2.05) is 43.6 Å². The van der Waals surface area contributed by atoms with E-state index < -0.39 is 0 Å². The zero-order valence-electron chi connectivity index (χ0n) is 11.8. The molecule has 0 bridgehead atoms.